The Morgan fingerprint density at radius 2 is 1.86 bits per heavy atom. The van der Waals surface area contributed by atoms with Crippen LogP contribution in [0.5, 0.6) is 11.5 Å². The second-order valence-corrected chi connectivity index (χ2v) is 4.75. The zero-order valence-corrected chi connectivity index (χ0v) is 12.3. The van der Waals surface area contributed by atoms with E-state index in [9.17, 15) is 4.39 Å². The fourth-order valence-corrected chi connectivity index (χ4v) is 2.09. The van der Waals surface area contributed by atoms with Crippen molar-refractivity contribution in [3.8, 4) is 11.5 Å². The third-order valence-corrected chi connectivity index (χ3v) is 3.33. The maximum atomic E-state index is 14.1. The van der Waals surface area contributed by atoms with E-state index in [-0.39, 0.29) is 17.6 Å². The van der Waals surface area contributed by atoms with Crippen LogP contribution in [0.15, 0.2) is 48.5 Å². The molecule has 0 spiro atoms. The molecular weight excluding hydrogens is 269 g/mol. The first-order valence-corrected chi connectivity index (χ1v) is 6.91. The standard InChI is InChI=1S/C17H20FNO2/c1-19-14(12-21-15-8-4-3-5-9-15)11-13-7-6-10-16(20-2)17(13)18/h3-10,14,19H,11-12H2,1-2H3. The molecule has 0 aliphatic heterocycles. The maximum Gasteiger partial charge on any atom is 0.168 e. The molecule has 3 nitrogen and oxygen atoms in total. The highest BCUT2D eigenvalue weighted by Crippen LogP contribution is 2.21. The molecule has 2 aromatic carbocycles. The molecular formula is C17H20FNO2. The first kappa shape index (κ1) is 15.3. The summed E-state index contributed by atoms with van der Waals surface area (Å²) in [6.45, 7) is 0.469. The van der Waals surface area contributed by atoms with E-state index in [1.807, 2.05) is 37.4 Å². The molecule has 4 heteroatoms. The summed E-state index contributed by atoms with van der Waals surface area (Å²) in [6.07, 6.45) is 0.534. The van der Waals surface area contributed by atoms with Gasteiger partial charge in [-0.3, -0.25) is 0 Å². The zero-order valence-electron chi connectivity index (χ0n) is 12.3. The predicted octanol–water partition coefficient (Wildman–Crippen LogP) is 3.04. The van der Waals surface area contributed by atoms with Crippen LogP contribution in [0.2, 0.25) is 0 Å². The van der Waals surface area contributed by atoms with Crippen molar-refractivity contribution in [2.24, 2.45) is 0 Å². The van der Waals surface area contributed by atoms with E-state index in [1.165, 1.54) is 7.11 Å². The van der Waals surface area contributed by atoms with Gasteiger partial charge in [0.25, 0.3) is 0 Å². The van der Waals surface area contributed by atoms with Crippen molar-refractivity contribution in [1.29, 1.82) is 0 Å². The highest BCUT2D eigenvalue weighted by Gasteiger charge is 2.14. The molecule has 0 aliphatic carbocycles. The Kier molecular flexibility index (Phi) is 5.58. The number of halogens is 1. The molecule has 2 aromatic rings. The van der Waals surface area contributed by atoms with Crippen LogP contribution in [0, 0.1) is 5.82 Å². The van der Waals surface area contributed by atoms with Crippen LogP contribution in [0.1, 0.15) is 5.56 Å². The molecule has 112 valence electrons. The number of nitrogens with one attached hydrogen (secondary N) is 1. The monoisotopic (exact) mass is 289 g/mol. The molecule has 0 fully saturated rings. The summed E-state index contributed by atoms with van der Waals surface area (Å²) in [5.41, 5.74) is 0.616. The van der Waals surface area contributed by atoms with Gasteiger partial charge in [-0.15, -0.1) is 0 Å². The summed E-state index contributed by atoms with van der Waals surface area (Å²) in [7, 11) is 3.31. The zero-order chi connectivity index (χ0) is 15.1. The molecule has 0 radical (unpaired) electrons. The Balaban J connectivity index is 1.99. The average molecular weight is 289 g/mol. The number of methoxy groups -OCH3 is 1. The molecule has 2 rings (SSSR count). The molecule has 1 N–H and O–H groups in total. The molecule has 1 unspecified atom stereocenters. The van der Waals surface area contributed by atoms with Crippen molar-refractivity contribution in [2.75, 3.05) is 20.8 Å². The first-order valence-electron chi connectivity index (χ1n) is 6.91. The van der Waals surface area contributed by atoms with Crippen LogP contribution in [0.4, 0.5) is 4.39 Å². The molecule has 0 aliphatic rings. The Hall–Kier alpha value is -2.07. The minimum atomic E-state index is -0.306. The fourth-order valence-electron chi connectivity index (χ4n) is 2.09. The number of para-hydroxylation sites is 1. The van der Waals surface area contributed by atoms with Gasteiger partial charge in [-0.25, -0.2) is 4.39 Å². The lowest BCUT2D eigenvalue weighted by atomic mass is 10.1. The molecule has 0 amide bonds. The van der Waals surface area contributed by atoms with Crippen LogP contribution in [-0.4, -0.2) is 26.8 Å². The van der Waals surface area contributed by atoms with E-state index >= 15 is 0 Å². The quantitative estimate of drug-likeness (QED) is 0.850. The van der Waals surface area contributed by atoms with Crippen molar-refractivity contribution < 1.29 is 13.9 Å². The third-order valence-electron chi connectivity index (χ3n) is 3.33. The summed E-state index contributed by atoms with van der Waals surface area (Å²) in [5, 5.41) is 3.15. The highest BCUT2D eigenvalue weighted by atomic mass is 19.1. The van der Waals surface area contributed by atoms with Gasteiger partial charge < -0.3 is 14.8 Å². The molecule has 1 atom stereocenters. The van der Waals surface area contributed by atoms with E-state index in [0.29, 0.717) is 18.6 Å². The van der Waals surface area contributed by atoms with Gasteiger partial charge in [0, 0.05) is 6.04 Å². The van der Waals surface area contributed by atoms with Crippen molar-refractivity contribution in [2.45, 2.75) is 12.5 Å². The molecule has 0 aromatic heterocycles. The van der Waals surface area contributed by atoms with Crippen LogP contribution < -0.4 is 14.8 Å². The van der Waals surface area contributed by atoms with Crippen molar-refractivity contribution in [1.82, 2.24) is 5.32 Å². The summed E-state index contributed by atoms with van der Waals surface area (Å²) in [6, 6.07) is 14.8. The Labute approximate surface area is 124 Å². The fraction of sp³-hybridized carbons (Fsp3) is 0.294. The van der Waals surface area contributed by atoms with E-state index in [1.54, 1.807) is 18.2 Å². The topological polar surface area (TPSA) is 30.5 Å². The van der Waals surface area contributed by atoms with Crippen LogP contribution in [0.25, 0.3) is 0 Å². The second kappa shape index (κ2) is 7.64. The summed E-state index contributed by atoms with van der Waals surface area (Å²) in [5.74, 6) is 0.773. The number of benzene rings is 2. The summed E-state index contributed by atoms with van der Waals surface area (Å²) >= 11 is 0. The van der Waals surface area contributed by atoms with Gasteiger partial charge in [0.2, 0.25) is 0 Å². The van der Waals surface area contributed by atoms with Crippen LogP contribution in [-0.2, 0) is 6.42 Å². The summed E-state index contributed by atoms with van der Waals surface area (Å²) in [4.78, 5) is 0. The van der Waals surface area contributed by atoms with Gasteiger partial charge in [0.15, 0.2) is 11.6 Å². The molecule has 0 bridgehead atoms. The minimum Gasteiger partial charge on any atom is -0.494 e. The van der Waals surface area contributed by atoms with Crippen molar-refractivity contribution >= 4 is 0 Å². The first-order chi connectivity index (χ1) is 10.2. The van der Waals surface area contributed by atoms with Gasteiger partial charge in [0.1, 0.15) is 12.4 Å². The minimum absolute atomic E-state index is 0.0202. The number of ether oxygens (including phenoxy) is 2. The Morgan fingerprint density at radius 3 is 2.52 bits per heavy atom. The lowest BCUT2D eigenvalue weighted by Crippen LogP contribution is -2.34. The molecule has 0 heterocycles. The number of likely N-dealkylation sites (N-methyl/N-ethyl adjacent to an activating group) is 1. The number of hydrogen-bond donors (Lipinski definition) is 1. The molecule has 21 heavy (non-hydrogen) atoms. The lowest BCUT2D eigenvalue weighted by Gasteiger charge is -2.18. The normalized spacial score (nSPS) is 12.0. The molecule has 0 saturated carbocycles. The Morgan fingerprint density at radius 1 is 1.10 bits per heavy atom. The lowest BCUT2D eigenvalue weighted by molar-refractivity contribution is 0.268. The van der Waals surface area contributed by atoms with Gasteiger partial charge in [-0.2, -0.15) is 0 Å². The van der Waals surface area contributed by atoms with Crippen LogP contribution in [0.3, 0.4) is 0 Å². The largest absolute Gasteiger partial charge is 0.494 e. The summed E-state index contributed by atoms with van der Waals surface area (Å²) < 4.78 is 24.9. The van der Waals surface area contributed by atoms with Crippen molar-refractivity contribution in [3.63, 3.8) is 0 Å². The maximum absolute atomic E-state index is 14.1. The SMILES string of the molecule is CNC(COc1ccccc1)Cc1cccc(OC)c1F. The van der Waals surface area contributed by atoms with Gasteiger partial charge in [0.05, 0.1) is 7.11 Å². The van der Waals surface area contributed by atoms with E-state index in [4.69, 9.17) is 9.47 Å². The number of hydrogen-bond acceptors (Lipinski definition) is 3. The van der Waals surface area contributed by atoms with Crippen LogP contribution >= 0.6 is 0 Å². The number of rotatable bonds is 7. The second-order valence-electron chi connectivity index (χ2n) is 4.75. The smallest absolute Gasteiger partial charge is 0.168 e. The van der Waals surface area contributed by atoms with Gasteiger partial charge >= 0.3 is 0 Å². The van der Waals surface area contributed by atoms with Gasteiger partial charge in [-0.1, -0.05) is 30.3 Å². The average Bonchev–Trinajstić information content (AvgIpc) is 2.54. The predicted molar refractivity (Wildman–Crippen MR) is 81.4 cm³/mol. The Bertz CT molecular complexity index is 560. The highest BCUT2D eigenvalue weighted by molar-refractivity contribution is 5.31. The van der Waals surface area contributed by atoms with Gasteiger partial charge in [-0.05, 0) is 37.2 Å². The third kappa shape index (κ3) is 4.20. The van der Waals surface area contributed by atoms with Crippen molar-refractivity contribution in [3.05, 3.63) is 59.9 Å². The van der Waals surface area contributed by atoms with E-state index in [0.717, 1.165) is 5.75 Å². The molecule has 0 saturated heterocycles. The van der Waals surface area contributed by atoms with E-state index in [2.05, 4.69) is 5.32 Å². The van der Waals surface area contributed by atoms with E-state index < -0.39 is 0 Å².